The first kappa shape index (κ1) is 11.5. The minimum Gasteiger partial charge on any atom is -0.467 e. The highest BCUT2D eigenvalue weighted by atomic mass is 16.5. The van der Waals surface area contributed by atoms with Crippen molar-refractivity contribution < 1.29 is 14.6 Å². The summed E-state index contributed by atoms with van der Waals surface area (Å²) in [6, 6.07) is 9.42. The van der Waals surface area contributed by atoms with E-state index in [-0.39, 0.29) is 0 Å². The van der Waals surface area contributed by atoms with Gasteiger partial charge >= 0.3 is 5.97 Å². The van der Waals surface area contributed by atoms with E-state index in [9.17, 15) is 9.90 Å². The Hall–Kier alpha value is -1.61. The number of aliphatic hydroxyl groups is 1. The van der Waals surface area contributed by atoms with Gasteiger partial charge < -0.3 is 9.84 Å². The molecule has 0 aliphatic carbocycles. The van der Waals surface area contributed by atoms with Gasteiger partial charge in [0.1, 0.15) is 0 Å². The summed E-state index contributed by atoms with van der Waals surface area (Å²) in [5, 5.41) is 9.68. The molecule has 0 bridgehead atoms. The van der Waals surface area contributed by atoms with Gasteiger partial charge in [-0.2, -0.15) is 0 Å². The molecule has 1 rings (SSSR count). The molecule has 15 heavy (non-hydrogen) atoms. The Morgan fingerprint density at radius 1 is 1.40 bits per heavy atom. The molecule has 0 aliphatic heterocycles. The molecule has 0 heterocycles. The molecule has 1 unspecified atom stereocenters. The largest absolute Gasteiger partial charge is 0.467 e. The van der Waals surface area contributed by atoms with Gasteiger partial charge in [-0.15, -0.1) is 0 Å². The Balaban J connectivity index is 2.77. The van der Waals surface area contributed by atoms with Crippen LogP contribution in [0.4, 0.5) is 0 Å². The number of rotatable bonds is 3. The van der Waals surface area contributed by atoms with Crippen LogP contribution in [-0.4, -0.2) is 23.8 Å². The van der Waals surface area contributed by atoms with Gasteiger partial charge in [-0.1, -0.05) is 36.4 Å². The van der Waals surface area contributed by atoms with Crippen molar-refractivity contribution in [3.63, 3.8) is 0 Å². The molecule has 0 radical (unpaired) electrons. The first-order chi connectivity index (χ1) is 7.06. The first-order valence-corrected chi connectivity index (χ1v) is 4.61. The van der Waals surface area contributed by atoms with Crippen molar-refractivity contribution in [1.82, 2.24) is 0 Å². The third-order valence-corrected chi connectivity index (χ3v) is 2.00. The second-order valence-corrected chi connectivity index (χ2v) is 3.38. The van der Waals surface area contributed by atoms with E-state index in [1.165, 1.54) is 20.1 Å². The summed E-state index contributed by atoms with van der Waals surface area (Å²) in [7, 11) is 1.24. The molecule has 0 amide bonds. The lowest BCUT2D eigenvalue weighted by Crippen LogP contribution is -2.33. The smallest absolute Gasteiger partial charge is 0.341 e. The zero-order chi connectivity index (χ0) is 11.3. The normalized spacial score (nSPS) is 14.9. The molecule has 1 aromatic carbocycles. The number of hydrogen-bond acceptors (Lipinski definition) is 3. The summed E-state index contributed by atoms with van der Waals surface area (Å²) < 4.78 is 4.46. The maximum atomic E-state index is 11.1. The highest BCUT2D eigenvalue weighted by Crippen LogP contribution is 2.11. The van der Waals surface area contributed by atoms with Crippen LogP contribution in [0, 0.1) is 0 Å². The number of ether oxygens (including phenoxy) is 1. The van der Waals surface area contributed by atoms with Crippen molar-refractivity contribution in [1.29, 1.82) is 0 Å². The van der Waals surface area contributed by atoms with Crippen molar-refractivity contribution in [3.05, 3.63) is 42.0 Å². The summed E-state index contributed by atoms with van der Waals surface area (Å²) in [6.45, 7) is 1.39. The van der Waals surface area contributed by atoms with Crippen molar-refractivity contribution in [2.75, 3.05) is 7.11 Å². The third kappa shape index (κ3) is 3.22. The van der Waals surface area contributed by atoms with Crippen molar-refractivity contribution in [2.45, 2.75) is 12.5 Å². The SMILES string of the molecule is COC(=O)C(C)(O)/C=C/c1ccccc1. The molecule has 1 N–H and O–H groups in total. The standard InChI is InChI=1S/C12H14O3/c1-12(14,11(13)15-2)9-8-10-6-4-3-5-7-10/h3-9,14H,1-2H3/b9-8+. The predicted molar refractivity (Wildman–Crippen MR) is 58.1 cm³/mol. The van der Waals surface area contributed by atoms with E-state index in [0.29, 0.717) is 0 Å². The molecule has 80 valence electrons. The minimum atomic E-state index is -1.58. The lowest BCUT2D eigenvalue weighted by molar-refractivity contribution is -0.155. The zero-order valence-electron chi connectivity index (χ0n) is 8.81. The Morgan fingerprint density at radius 3 is 2.53 bits per heavy atom. The Labute approximate surface area is 89.0 Å². The van der Waals surface area contributed by atoms with Gasteiger partial charge in [-0.25, -0.2) is 4.79 Å². The average molecular weight is 206 g/mol. The summed E-state index contributed by atoms with van der Waals surface area (Å²) in [5.74, 6) is -0.672. The van der Waals surface area contributed by atoms with Gasteiger partial charge in [0.2, 0.25) is 0 Å². The number of carbonyl (C=O) groups excluding carboxylic acids is 1. The number of hydrogen-bond donors (Lipinski definition) is 1. The summed E-state index contributed by atoms with van der Waals surface area (Å²) in [4.78, 5) is 11.1. The molecule has 0 saturated heterocycles. The van der Waals surface area contributed by atoms with E-state index < -0.39 is 11.6 Å². The van der Waals surface area contributed by atoms with E-state index in [1.54, 1.807) is 6.08 Å². The monoisotopic (exact) mass is 206 g/mol. The Bertz CT molecular complexity index is 352. The van der Waals surface area contributed by atoms with Crippen molar-refractivity contribution in [3.8, 4) is 0 Å². The lowest BCUT2D eigenvalue weighted by atomic mass is 10.1. The fourth-order valence-electron chi connectivity index (χ4n) is 1.10. The maximum Gasteiger partial charge on any atom is 0.341 e. The zero-order valence-corrected chi connectivity index (χ0v) is 8.81. The fourth-order valence-corrected chi connectivity index (χ4v) is 1.10. The van der Waals surface area contributed by atoms with Gasteiger partial charge in [0, 0.05) is 0 Å². The van der Waals surface area contributed by atoms with E-state index in [4.69, 9.17) is 0 Å². The number of benzene rings is 1. The second-order valence-electron chi connectivity index (χ2n) is 3.38. The van der Waals surface area contributed by atoms with Gasteiger partial charge in [-0.3, -0.25) is 0 Å². The topological polar surface area (TPSA) is 46.5 Å². The molecule has 0 saturated carbocycles. The van der Waals surface area contributed by atoms with E-state index in [2.05, 4.69) is 4.74 Å². The predicted octanol–water partition coefficient (Wildman–Crippen LogP) is 1.62. The highest BCUT2D eigenvalue weighted by Gasteiger charge is 2.27. The van der Waals surface area contributed by atoms with Crippen LogP contribution in [0.2, 0.25) is 0 Å². The number of esters is 1. The average Bonchev–Trinajstić information content (AvgIpc) is 2.27. The third-order valence-electron chi connectivity index (χ3n) is 2.00. The van der Waals surface area contributed by atoms with Crippen molar-refractivity contribution in [2.24, 2.45) is 0 Å². The molecule has 1 atom stereocenters. The van der Waals surface area contributed by atoms with Gasteiger partial charge in [0.15, 0.2) is 5.60 Å². The molecule has 0 aromatic heterocycles. The Kier molecular flexibility index (Phi) is 3.63. The quantitative estimate of drug-likeness (QED) is 0.764. The summed E-state index contributed by atoms with van der Waals surface area (Å²) >= 11 is 0. The molecule has 0 aliphatic rings. The summed E-state index contributed by atoms with van der Waals surface area (Å²) in [5.41, 5.74) is -0.661. The highest BCUT2D eigenvalue weighted by molar-refractivity contribution is 5.82. The molecule has 0 fully saturated rings. The van der Waals surface area contributed by atoms with Crippen LogP contribution in [0.5, 0.6) is 0 Å². The van der Waals surface area contributed by atoms with Crippen molar-refractivity contribution >= 4 is 12.0 Å². The number of carbonyl (C=O) groups is 1. The van der Waals surface area contributed by atoms with E-state index in [1.807, 2.05) is 30.3 Å². The fraction of sp³-hybridized carbons (Fsp3) is 0.250. The first-order valence-electron chi connectivity index (χ1n) is 4.61. The van der Waals surface area contributed by atoms with E-state index in [0.717, 1.165) is 5.56 Å². The van der Waals surface area contributed by atoms with Gasteiger partial charge in [-0.05, 0) is 18.6 Å². The van der Waals surface area contributed by atoms with Crippen LogP contribution in [0.25, 0.3) is 6.08 Å². The molecule has 3 nitrogen and oxygen atoms in total. The van der Waals surface area contributed by atoms with Crippen LogP contribution in [0.1, 0.15) is 12.5 Å². The summed E-state index contributed by atoms with van der Waals surface area (Å²) in [6.07, 6.45) is 3.09. The van der Waals surface area contributed by atoms with Gasteiger partial charge in [0.05, 0.1) is 7.11 Å². The van der Waals surface area contributed by atoms with Crippen LogP contribution < -0.4 is 0 Å². The molecular formula is C12H14O3. The molecular weight excluding hydrogens is 192 g/mol. The minimum absolute atomic E-state index is 0.672. The van der Waals surface area contributed by atoms with Crippen LogP contribution >= 0.6 is 0 Å². The molecule has 0 spiro atoms. The van der Waals surface area contributed by atoms with Crippen LogP contribution in [0.15, 0.2) is 36.4 Å². The van der Waals surface area contributed by atoms with Crippen LogP contribution in [-0.2, 0) is 9.53 Å². The Morgan fingerprint density at radius 2 is 2.00 bits per heavy atom. The molecule has 1 aromatic rings. The maximum absolute atomic E-state index is 11.1. The molecule has 3 heteroatoms. The van der Waals surface area contributed by atoms with E-state index >= 15 is 0 Å². The van der Waals surface area contributed by atoms with Crippen LogP contribution in [0.3, 0.4) is 0 Å². The second kappa shape index (κ2) is 4.75. The lowest BCUT2D eigenvalue weighted by Gasteiger charge is -2.14. The number of methoxy groups -OCH3 is 1. The van der Waals surface area contributed by atoms with Gasteiger partial charge in [0.25, 0.3) is 0 Å².